The maximum absolute atomic E-state index is 12.6. The molecule has 3 rings (SSSR count). The molecule has 1 aliphatic carbocycles. The summed E-state index contributed by atoms with van der Waals surface area (Å²) in [7, 11) is 0. The van der Waals surface area contributed by atoms with E-state index in [9.17, 15) is 4.79 Å². The van der Waals surface area contributed by atoms with Gasteiger partial charge in [-0.2, -0.15) is 0 Å². The predicted octanol–water partition coefficient (Wildman–Crippen LogP) is 3.95. The van der Waals surface area contributed by atoms with E-state index in [0.29, 0.717) is 6.04 Å². The molecule has 4 nitrogen and oxygen atoms in total. The first kappa shape index (κ1) is 15.3. The molecule has 118 valence electrons. The summed E-state index contributed by atoms with van der Waals surface area (Å²) < 4.78 is 1.97. The number of nitrogens with zero attached hydrogens (tertiary/aromatic N) is 2. The average Bonchev–Trinajstić information content (AvgIpc) is 3.17. The van der Waals surface area contributed by atoms with Gasteiger partial charge in [-0.05, 0) is 31.4 Å². The molecule has 0 bridgehead atoms. The number of amides is 1. The highest BCUT2D eigenvalue weighted by Crippen LogP contribution is 2.25. The predicted molar refractivity (Wildman–Crippen MR) is 89.8 cm³/mol. The van der Waals surface area contributed by atoms with Gasteiger partial charge in [0.25, 0.3) is 5.91 Å². The van der Waals surface area contributed by atoms with Gasteiger partial charge in [-0.25, -0.2) is 4.98 Å². The van der Waals surface area contributed by atoms with Gasteiger partial charge in [0.05, 0.1) is 5.69 Å². The van der Waals surface area contributed by atoms with E-state index in [1.54, 1.807) is 0 Å². The first-order chi connectivity index (χ1) is 10.8. The van der Waals surface area contributed by atoms with Crippen molar-refractivity contribution in [2.45, 2.75) is 57.9 Å². The minimum absolute atomic E-state index is 0.0613. The Kier molecular flexibility index (Phi) is 4.93. The molecule has 0 unspecified atom stereocenters. The van der Waals surface area contributed by atoms with Gasteiger partial charge in [0.2, 0.25) is 0 Å². The van der Waals surface area contributed by atoms with Crippen LogP contribution >= 0.6 is 11.3 Å². The Morgan fingerprint density at radius 3 is 2.73 bits per heavy atom. The Balaban J connectivity index is 1.79. The zero-order valence-corrected chi connectivity index (χ0v) is 13.9. The SMILES string of the molecule is CCCc1nc(-n2cccc2)sc1C(=O)NC1CCCCC1. The molecular formula is C17H23N3OS. The normalized spacial score (nSPS) is 15.9. The number of thiazole rings is 1. The maximum atomic E-state index is 12.6. The van der Waals surface area contributed by atoms with Crippen molar-refractivity contribution in [2.24, 2.45) is 0 Å². The first-order valence-electron chi connectivity index (χ1n) is 8.22. The summed E-state index contributed by atoms with van der Waals surface area (Å²) in [6, 6.07) is 4.29. The monoisotopic (exact) mass is 317 g/mol. The third-order valence-electron chi connectivity index (χ3n) is 4.14. The summed E-state index contributed by atoms with van der Waals surface area (Å²) in [5.74, 6) is 0.0613. The molecule has 22 heavy (non-hydrogen) atoms. The second-order valence-corrected chi connectivity index (χ2v) is 6.90. The van der Waals surface area contributed by atoms with E-state index in [1.165, 1.54) is 30.6 Å². The van der Waals surface area contributed by atoms with E-state index in [4.69, 9.17) is 0 Å². The molecule has 1 amide bonds. The Labute approximate surface area is 135 Å². The van der Waals surface area contributed by atoms with Crippen LogP contribution in [-0.4, -0.2) is 21.5 Å². The molecule has 1 saturated carbocycles. The fraction of sp³-hybridized carbons (Fsp3) is 0.529. The van der Waals surface area contributed by atoms with Gasteiger partial charge in [0.15, 0.2) is 5.13 Å². The minimum atomic E-state index is 0.0613. The number of nitrogens with one attached hydrogen (secondary N) is 1. The van der Waals surface area contributed by atoms with Crippen LogP contribution in [0.4, 0.5) is 0 Å². The third-order valence-corrected chi connectivity index (χ3v) is 5.25. The van der Waals surface area contributed by atoms with Crippen molar-refractivity contribution in [1.29, 1.82) is 0 Å². The van der Waals surface area contributed by atoms with Crippen LogP contribution in [0, 0.1) is 0 Å². The average molecular weight is 317 g/mol. The lowest BCUT2D eigenvalue weighted by Crippen LogP contribution is -2.36. The Morgan fingerprint density at radius 1 is 1.32 bits per heavy atom. The molecule has 1 aliphatic rings. The Hall–Kier alpha value is -1.62. The number of rotatable bonds is 5. The van der Waals surface area contributed by atoms with Gasteiger partial charge in [-0.3, -0.25) is 4.79 Å². The van der Waals surface area contributed by atoms with E-state index < -0.39 is 0 Å². The zero-order chi connectivity index (χ0) is 15.4. The van der Waals surface area contributed by atoms with E-state index in [2.05, 4.69) is 17.2 Å². The van der Waals surface area contributed by atoms with E-state index in [0.717, 1.165) is 41.4 Å². The lowest BCUT2D eigenvalue weighted by Gasteiger charge is -2.22. The summed E-state index contributed by atoms with van der Waals surface area (Å²) in [6.07, 6.45) is 11.8. The summed E-state index contributed by atoms with van der Waals surface area (Å²) in [4.78, 5) is 18.1. The molecule has 0 atom stereocenters. The summed E-state index contributed by atoms with van der Waals surface area (Å²) >= 11 is 1.49. The molecule has 2 aromatic rings. The van der Waals surface area contributed by atoms with Gasteiger partial charge in [0.1, 0.15) is 4.88 Å². The highest BCUT2D eigenvalue weighted by molar-refractivity contribution is 7.16. The first-order valence-corrected chi connectivity index (χ1v) is 9.03. The highest BCUT2D eigenvalue weighted by Gasteiger charge is 2.22. The molecule has 2 aromatic heterocycles. The maximum Gasteiger partial charge on any atom is 0.263 e. The van der Waals surface area contributed by atoms with Crippen molar-refractivity contribution in [2.75, 3.05) is 0 Å². The second kappa shape index (κ2) is 7.09. The van der Waals surface area contributed by atoms with Gasteiger partial charge in [0, 0.05) is 18.4 Å². The molecule has 5 heteroatoms. The van der Waals surface area contributed by atoms with Crippen molar-refractivity contribution < 1.29 is 4.79 Å². The van der Waals surface area contributed by atoms with Crippen LogP contribution in [0.2, 0.25) is 0 Å². The second-order valence-electron chi connectivity index (χ2n) is 5.92. The number of aromatic nitrogens is 2. The number of hydrogen-bond acceptors (Lipinski definition) is 3. The highest BCUT2D eigenvalue weighted by atomic mass is 32.1. The molecule has 2 heterocycles. The molecule has 1 fully saturated rings. The van der Waals surface area contributed by atoms with Gasteiger partial charge in [-0.15, -0.1) is 0 Å². The molecule has 0 aliphatic heterocycles. The number of carbonyl (C=O) groups is 1. The fourth-order valence-corrected chi connectivity index (χ4v) is 3.98. The minimum Gasteiger partial charge on any atom is -0.349 e. The van der Waals surface area contributed by atoms with Crippen molar-refractivity contribution in [3.8, 4) is 5.13 Å². The fourth-order valence-electron chi connectivity index (χ4n) is 2.99. The van der Waals surface area contributed by atoms with Gasteiger partial charge >= 0.3 is 0 Å². The topological polar surface area (TPSA) is 46.9 Å². The van der Waals surface area contributed by atoms with Crippen molar-refractivity contribution in [3.63, 3.8) is 0 Å². The van der Waals surface area contributed by atoms with Crippen LogP contribution in [0.25, 0.3) is 5.13 Å². The summed E-state index contributed by atoms with van der Waals surface area (Å²) in [6.45, 7) is 2.12. The van der Waals surface area contributed by atoms with Crippen LogP contribution in [0.15, 0.2) is 24.5 Å². The number of aryl methyl sites for hydroxylation is 1. The summed E-state index contributed by atoms with van der Waals surface area (Å²) in [5, 5.41) is 4.09. The molecule has 0 aromatic carbocycles. The Bertz CT molecular complexity index is 612. The van der Waals surface area contributed by atoms with Crippen LogP contribution in [-0.2, 0) is 6.42 Å². The van der Waals surface area contributed by atoms with Crippen LogP contribution in [0.5, 0.6) is 0 Å². The largest absolute Gasteiger partial charge is 0.349 e. The van der Waals surface area contributed by atoms with E-state index in [-0.39, 0.29) is 5.91 Å². The number of carbonyl (C=O) groups excluding carboxylic acids is 1. The molecule has 0 spiro atoms. The molecule has 0 radical (unpaired) electrons. The van der Waals surface area contributed by atoms with Crippen molar-refractivity contribution in [1.82, 2.24) is 14.9 Å². The van der Waals surface area contributed by atoms with Crippen molar-refractivity contribution in [3.05, 3.63) is 35.1 Å². The Morgan fingerprint density at radius 2 is 2.05 bits per heavy atom. The van der Waals surface area contributed by atoms with Gasteiger partial charge in [-0.1, -0.05) is 43.9 Å². The van der Waals surface area contributed by atoms with Crippen molar-refractivity contribution >= 4 is 17.2 Å². The summed E-state index contributed by atoms with van der Waals surface area (Å²) in [5.41, 5.74) is 0.935. The van der Waals surface area contributed by atoms with E-state index in [1.807, 2.05) is 29.1 Å². The smallest absolute Gasteiger partial charge is 0.263 e. The zero-order valence-electron chi connectivity index (χ0n) is 13.0. The molecule has 0 saturated heterocycles. The lowest BCUT2D eigenvalue weighted by molar-refractivity contribution is 0.0930. The van der Waals surface area contributed by atoms with Crippen LogP contribution in [0.1, 0.15) is 60.8 Å². The molecular weight excluding hydrogens is 294 g/mol. The van der Waals surface area contributed by atoms with E-state index >= 15 is 0 Å². The molecule has 1 N–H and O–H groups in total. The third kappa shape index (κ3) is 3.40. The standard InChI is InChI=1S/C17H23N3OS/c1-2-8-14-15(16(21)18-13-9-4-3-5-10-13)22-17(19-14)20-11-6-7-12-20/h6-7,11-13H,2-5,8-10H2,1H3,(H,18,21). The lowest BCUT2D eigenvalue weighted by atomic mass is 9.95. The van der Waals surface area contributed by atoms with Crippen LogP contribution in [0.3, 0.4) is 0 Å². The van der Waals surface area contributed by atoms with Crippen LogP contribution < -0.4 is 5.32 Å². The van der Waals surface area contributed by atoms with Gasteiger partial charge < -0.3 is 9.88 Å². The number of hydrogen-bond donors (Lipinski definition) is 1. The quantitative estimate of drug-likeness (QED) is 0.907.